The Morgan fingerprint density at radius 3 is 2.50 bits per heavy atom. The van der Waals surface area contributed by atoms with Crippen LogP contribution in [0.3, 0.4) is 0 Å². The van der Waals surface area contributed by atoms with Gasteiger partial charge in [-0.3, -0.25) is 19.3 Å². The van der Waals surface area contributed by atoms with Gasteiger partial charge in [0.15, 0.2) is 5.76 Å². The van der Waals surface area contributed by atoms with E-state index in [-0.39, 0.29) is 24.2 Å². The maximum Gasteiger partial charge on any atom is 0.292 e. The molecule has 1 aromatic heterocycles. The Morgan fingerprint density at radius 1 is 1.12 bits per heavy atom. The number of rotatable bonds is 6. The monoisotopic (exact) mass is 488 g/mol. The van der Waals surface area contributed by atoms with Gasteiger partial charge < -0.3 is 24.3 Å². The molecule has 0 saturated carbocycles. The van der Waals surface area contributed by atoms with Crippen molar-refractivity contribution in [2.24, 2.45) is 0 Å². The zero-order chi connectivity index (χ0) is 24.3. The number of nitrogens with zero attached hydrogens (tertiary/aromatic N) is 3. The van der Waals surface area contributed by atoms with Crippen LogP contribution < -0.4 is 5.32 Å². The lowest BCUT2D eigenvalue weighted by Gasteiger charge is -2.44. The number of piperidine rings is 1. The second-order valence-electron chi connectivity index (χ2n) is 8.79. The first kappa shape index (κ1) is 24.3. The van der Waals surface area contributed by atoms with E-state index < -0.39 is 17.7 Å². The minimum Gasteiger partial charge on any atom is -0.459 e. The normalized spacial score (nSPS) is 19.6. The van der Waals surface area contributed by atoms with Gasteiger partial charge in [0.2, 0.25) is 5.91 Å². The van der Waals surface area contributed by atoms with E-state index in [1.54, 1.807) is 41.3 Å². The van der Waals surface area contributed by atoms with E-state index in [0.717, 1.165) is 0 Å². The first-order valence-electron chi connectivity index (χ1n) is 11.3. The predicted molar refractivity (Wildman–Crippen MR) is 126 cm³/mol. The summed E-state index contributed by atoms with van der Waals surface area (Å²) >= 11 is 6.21. The molecular weight excluding hydrogens is 460 g/mol. The molecule has 2 fully saturated rings. The Bertz CT molecular complexity index is 1030. The number of amides is 3. The zero-order valence-electron chi connectivity index (χ0n) is 19.3. The highest BCUT2D eigenvalue weighted by Crippen LogP contribution is 2.39. The van der Waals surface area contributed by atoms with Gasteiger partial charge in [-0.05, 0) is 38.4 Å². The fourth-order valence-electron chi connectivity index (χ4n) is 4.47. The van der Waals surface area contributed by atoms with Gasteiger partial charge in [-0.15, -0.1) is 0 Å². The number of hydrogen-bond donors (Lipinski definition) is 1. The van der Waals surface area contributed by atoms with Crippen LogP contribution in [0.15, 0.2) is 47.1 Å². The summed E-state index contributed by atoms with van der Waals surface area (Å²) < 4.78 is 11.5. The van der Waals surface area contributed by atoms with Crippen molar-refractivity contribution in [2.45, 2.75) is 24.6 Å². The van der Waals surface area contributed by atoms with Crippen molar-refractivity contribution in [3.63, 3.8) is 0 Å². The van der Waals surface area contributed by atoms with Crippen molar-refractivity contribution in [3.05, 3.63) is 59.0 Å². The molecule has 182 valence electrons. The van der Waals surface area contributed by atoms with Gasteiger partial charge in [0.1, 0.15) is 11.8 Å². The number of likely N-dealkylation sites (tertiary alicyclic amines) is 1. The van der Waals surface area contributed by atoms with Gasteiger partial charge in [0.25, 0.3) is 11.8 Å². The summed E-state index contributed by atoms with van der Waals surface area (Å²) in [5.74, 6) is -0.694. The molecular formula is C24H29ClN4O5. The van der Waals surface area contributed by atoms with Gasteiger partial charge in [-0.1, -0.05) is 23.7 Å². The van der Waals surface area contributed by atoms with E-state index >= 15 is 0 Å². The Labute approximate surface area is 203 Å². The van der Waals surface area contributed by atoms with Gasteiger partial charge in [-0.25, -0.2) is 0 Å². The zero-order valence-corrected chi connectivity index (χ0v) is 20.1. The number of carbonyl (C=O) groups excluding carboxylic acids is 3. The van der Waals surface area contributed by atoms with E-state index in [1.807, 2.05) is 19.0 Å². The summed E-state index contributed by atoms with van der Waals surface area (Å²) in [5.41, 5.74) is -0.556. The van der Waals surface area contributed by atoms with Crippen LogP contribution in [0.4, 0.5) is 0 Å². The summed E-state index contributed by atoms with van der Waals surface area (Å²) in [5, 5.41) is 3.30. The van der Waals surface area contributed by atoms with Crippen LogP contribution >= 0.6 is 11.6 Å². The van der Waals surface area contributed by atoms with E-state index in [9.17, 15) is 14.4 Å². The molecule has 1 spiro atoms. The molecule has 0 bridgehead atoms. The van der Waals surface area contributed by atoms with E-state index in [4.69, 9.17) is 20.8 Å². The van der Waals surface area contributed by atoms with Crippen LogP contribution in [0.5, 0.6) is 0 Å². The molecule has 3 heterocycles. The Kier molecular flexibility index (Phi) is 7.25. The van der Waals surface area contributed by atoms with Crippen LogP contribution in [-0.2, 0) is 9.53 Å². The molecule has 0 aliphatic carbocycles. The van der Waals surface area contributed by atoms with Gasteiger partial charge in [0.05, 0.1) is 23.5 Å². The molecule has 10 heteroatoms. The van der Waals surface area contributed by atoms with Gasteiger partial charge in [0, 0.05) is 39.0 Å². The van der Waals surface area contributed by atoms with E-state index in [0.29, 0.717) is 49.6 Å². The summed E-state index contributed by atoms with van der Waals surface area (Å²) in [6, 6.07) is 9.35. The summed E-state index contributed by atoms with van der Waals surface area (Å²) in [7, 11) is 3.84. The van der Waals surface area contributed by atoms with Crippen molar-refractivity contribution in [3.8, 4) is 0 Å². The van der Waals surface area contributed by atoms with Crippen molar-refractivity contribution in [2.75, 3.05) is 46.9 Å². The Hall–Kier alpha value is -2.88. The molecule has 4 rings (SSSR count). The van der Waals surface area contributed by atoms with Crippen molar-refractivity contribution in [1.29, 1.82) is 0 Å². The highest BCUT2D eigenvalue weighted by molar-refractivity contribution is 6.33. The van der Waals surface area contributed by atoms with Crippen LogP contribution in [0.25, 0.3) is 0 Å². The molecule has 2 aromatic rings. The molecule has 2 aliphatic heterocycles. The number of hydrogen-bond acceptors (Lipinski definition) is 6. The number of likely N-dealkylation sites (N-methyl/N-ethyl adjacent to an activating group) is 1. The maximum atomic E-state index is 13.4. The fourth-order valence-corrected chi connectivity index (χ4v) is 4.69. The highest BCUT2D eigenvalue weighted by Gasteiger charge is 2.54. The van der Waals surface area contributed by atoms with Crippen LogP contribution in [0, 0.1) is 0 Å². The molecule has 2 saturated heterocycles. The minimum absolute atomic E-state index is 0.0820. The van der Waals surface area contributed by atoms with Crippen LogP contribution in [0.2, 0.25) is 5.02 Å². The standard InChI is InChI=1S/C24H29ClN4O5/c1-27(2)14-11-26-21(30)19-16-34-24(29(19)23(32)20-8-5-15-33-20)9-12-28(13-10-24)22(31)17-6-3-4-7-18(17)25/h3-8,15,19H,9-14,16H2,1-2H3,(H,26,30). The number of furan rings is 1. The number of nitrogens with one attached hydrogen (secondary N) is 1. The summed E-state index contributed by atoms with van der Waals surface area (Å²) in [6.07, 6.45) is 2.17. The lowest BCUT2D eigenvalue weighted by atomic mass is 9.96. The Morgan fingerprint density at radius 2 is 1.85 bits per heavy atom. The third-order valence-corrected chi connectivity index (χ3v) is 6.64. The second-order valence-corrected chi connectivity index (χ2v) is 9.20. The molecule has 2 aliphatic rings. The quantitative estimate of drug-likeness (QED) is 0.669. The molecule has 1 atom stereocenters. The maximum absolute atomic E-state index is 13.4. The highest BCUT2D eigenvalue weighted by atomic mass is 35.5. The predicted octanol–water partition coefficient (Wildman–Crippen LogP) is 2.08. The van der Waals surface area contributed by atoms with Crippen molar-refractivity contribution < 1.29 is 23.5 Å². The SMILES string of the molecule is CN(C)CCNC(=O)C1COC2(CCN(C(=O)c3ccccc3Cl)CC2)N1C(=O)c1ccco1. The molecule has 0 radical (unpaired) electrons. The molecule has 34 heavy (non-hydrogen) atoms. The van der Waals surface area contributed by atoms with Crippen molar-refractivity contribution >= 4 is 29.3 Å². The lowest BCUT2D eigenvalue weighted by Crippen LogP contribution is -2.60. The molecule has 3 amide bonds. The number of benzene rings is 1. The Balaban J connectivity index is 1.52. The molecule has 9 nitrogen and oxygen atoms in total. The van der Waals surface area contributed by atoms with Crippen LogP contribution in [-0.4, -0.2) is 91.1 Å². The number of carbonyl (C=O) groups is 3. The largest absolute Gasteiger partial charge is 0.459 e. The van der Waals surface area contributed by atoms with E-state index in [1.165, 1.54) is 11.2 Å². The fraction of sp³-hybridized carbons (Fsp3) is 0.458. The first-order valence-corrected chi connectivity index (χ1v) is 11.7. The number of ether oxygens (including phenoxy) is 1. The smallest absolute Gasteiger partial charge is 0.292 e. The number of halogens is 1. The molecule has 1 unspecified atom stereocenters. The van der Waals surface area contributed by atoms with Gasteiger partial charge >= 0.3 is 0 Å². The van der Waals surface area contributed by atoms with Crippen LogP contribution in [0.1, 0.15) is 33.8 Å². The lowest BCUT2D eigenvalue weighted by molar-refractivity contribution is -0.128. The average Bonchev–Trinajstić information content (AvgIpc) is 3.48. The van der Waals surface area contributed by atoms with E-state index in [2.05, 4.69) is 5.32 Å². The topological polar surface area (TPSA) is 95.3 Å². The molecule has 1 N–H and O–H groups in total. The van der Waals surface area contributed by atoms with Gasteiger partial charge in [-0.2, -0.15) is 0 Å². The molecule has 1 aromatic carbocycles. The average molecular weight is 489 g/mol. The minimum atomic E-state index is -0.995. The summed E-state index contributed by atoms with van der Waals surface area (Å²) in [4.78, 5) is 44.6. The second kappa shape index (κ2) is 10.2. The third kappa shape index (κ3) is 4.82. The summed E-state index contributed by atoms with van der Waals surface area (Å²) in [6.45, 7) is 1.94. The third-order valence-electron chi connectivity index (χ3n) is 6.31. The first-order chi connectivity index (χ1) is 16.3. The van der Waals surface area contributed by atoms with Crippen molar-refractivity contribution in [1.82, 2.24) is 20.0 Å².